The van der Waals surface area contributed by atoms with E-state index in [4.69, 9.17) is 52.1 Å². The number of amides is 5. The molecule has 514 valence electrons. The van der Waals surface area contributed by atoms with Crippen molar-refractivity contribution in [2.24, 2.45) is 23.7 Å². The second-order valence-electron chi connectivity index (χ2n) is 27.8. The van der Waals surface area contributed by atoms with Gasteiger partial charge < -0.3 is 83.8 Å². The van der Waals surface area contributed by atoms with E-state index in [1.807, 2.05) is 13.0 Å². The zero-order valence-electron chi connectivity index (χ0n) is 54.3. The molecule has 1 spiro atoms. The van der Waals surface area contributed by atoms with Gasteiger partial charge in [0.15, 0.2) is 5.79 Å². The second-order valence-corrected chi connectivity index (χ2v) is 27.8. The number of Topliss-reactive ketones (excluding diaryl/α,β-unsaturated/α-hetero) is 2. The number of nitrogens with one attached hydrogen (secondary N) is 5. The molecule has 11 aliphatic heterocycles. The average molecular weight is 1300 g/mol. The minimum atomic E-state index is -1.15. The van der Waals surface area contributed by atoms with E-state index in [0.717, 1.165) is 61.7 Å². The van der Waals surface area contributed by atoms with Gasteiger partial charge in [-0.15, -0.1) is 0 Å². The van der Waals surface area contributed by atoms with Crippen molar-refractivity contribution in [1.82, 2.24) is 26.6 Å². The first-order valence-corrected chi connectivity index (χ1v) is 34.4. The molecule has 11 saturated heterocycles. The van der Waals surface area contributed by atoms with Crippen LogP contribution in [0.25, 0.3) is 0 Å². The lowest BCUT2D eigenvalue weighted by molar-refractivity contribution is -0.292. The summed E-state index contributed by atoms with van der Waals surface area (Å²) in [5.41, 5.74) is 2.75. The van der Waals surface area contributed by atoms with Crippen LogP contribution in [0.2, 0.25) is 0 Å². The van der Waals surface area contributed by atoms with Crippen LogP contribution in [0.3, 0.4) is 0 Å². The van der Waals surface area contributed by atoms with Crippen LogP contribution >= 0.6 is 0 Å². The zero-order valence-corrected chi connectivity index (χ0v) is 54.3. The molecule has 11 heterocycles. The SMILES string of the molecule is C=C1C[C@@H]2CC[C@@]34CC5OC6C(O[C@H]7CC[C@H](CC(=O)C[C@@H]8[C@@H](OC)[C@@H](C[C@H](O)CNC(=O)CNC(=O)[C@H](Cc9ccccc9)NC(=O)CNC(=O)CNC(=O)CCC9COCC(C(=O)CCCC)COC9)O[C@H]8C[C@H]8O[C@@H](CC[C@@H]1O2)C[C@@H](C)C8=C)O[C@@H]7[C@@H]6O3)[C@H]5O4. The number of hydrogen-bond donors (Lipinski definition) is 6. The number of ether oxygens (including phenoxy) is 11. The molecule has 1 aromatic carbocycles. The van der Waals surface area contributed by atoms with Crippen molar-refractivity contribution in [3.05, 3.63) is 60.2 Å². The molecule has 93 heavy (non-hydrogen) atoms. The molecule has 0 radical (unpaired) electrons. The number of aliphatic hydroxyl groups is 1. The van der Waals surface area contributed by atoms with Crippen LogP contribution in [0.15, 0.2) is 54.6 Å². The van der Waals surface area contributed by atoms with Crippen LogP contribution < -0.4 is 26.6 Å². The summed E-state index contributed by atoms with van der Waals surface area (Å²) in [7, 11) is 1.57. The van der Waals surface area contributed by atoms with E-state index in [0.29, 0.717) is 58.2 Å². The van der Waals surface area contributed by atoms with Crippen molar-refractivity contribution in [3.63, 3.8) is 0 Å². The van der Waals surface area contributed by atoms with E-state index in [1.54, 1.807) is 31.4 Å². The van der Waals surface area contributed by atoms with Crippen molar-refractivity contribution >= 4 is 41.1 Å². The highest BCUT2D eigenvalue weighted by atomic mass is 16.8. The summed E-state index contributed by atoms with van der Waals surface area (Å²) >= 11 is 0. The van der Waals surface area contributed by atoms with Gasteiger partial charge in [-0.1, -0.05) is 63.8 Å². The first-order valence-electron chi connectivity index (χ1n) is 34.4. The second kappa shape index (κ2) is 31.9. The van der Waals surface area contributed by atoms with E-state index in [1.165, 1.54) is 0 Å². The fraction of sp³-hybridized carbons (Fsp3) is 0.754. The molecule has 6 N–H and O–H groups in total. The Morgan fingerprint density at radius 1 is 0.688 bits per heavy atom. The highest BCUT2D eigenvalue weighted by molar-refractivity contribution is 5.93. The predicted octanol–water partition coefficient (Wildman–Crippen LogP) is 3.49. The highest BCUT2D eigenvalue weighted by Gasteiger charge is 2.69. The largest absolute Gasteiger partial charge is 0.391 e. The molecule has 0 saturated carbocycles. The van der Waals surface area contributed by atoms with Crippen molar-refractivity contribution < 1.29 is 90.8 Å². The molecular weight excluding hydrogens is 1200 g/mol. The Labute approximate surface area is 545 Å². The van der Waals surface area contributed by atoms with Crippen LogP contribution in [0, 0.1) is 23.7 Å². The molecule has 11 aliphatic rings. The van der Waals surface area contributed by atoms with Crippen LogP contribution in [0.1, 0.15) is 135 Å². The van der Waals surface area contributed by atoms with Gasteiger partial charge in [0, 0.05) is 83.3 Å². The van der Waals surface area contributed by atoms with Crippen LogP contribution in [0.4, 0.5) is 0 Å². The number of ketones is 2. The summed E-state index contributed by atoms with van der Waals surface area (Å²) in [6.45, 7) is 12.9. The number of unbranched alkanes of at least 4 members (excludes halogenated alkanes) is 1. The summed E-state index contributed by atoms with van der Waals surface area (Å²) in [6, 6.07) is 7.81. The molecule has 3 unspecified atom stereocenters. The third kappa shape index (κ3) is 17.6. The number of hydrogen-bond acceptors (Lipinski definition) is 19. The van der Waals surface area contributed by atoms with Crippen molar-refractivity contribution in [2.75, 3.05) is 59.7 Å². The first kappa shape index (κ1) is 69.3. The maximum atomic E-state index is 14.5. The summed E-state index contributed by atoms with van der Waals surface area (Å²) < 4.78 is 72.4. The smallest absolute Gasteiger partial charge is 0.243 e. The summed E-state index contributed by atoms with van der Waals surface area (Å²) in [4.78, 5) is 92.7. The standard InChI is InChI=1S/C69H99N5O19/c1-6-7-13-51(77)43-36-84-34-42(35-85-37-43)14-19-58(78)71-31-59(79)72-33-61(81)74-50(24-41-11-9-8-10-12-41)68(82)73-32-60(80)70-30-45(76)27-56-62(83-5)49-26-44(75)25-47-16-18-53-63(88-47)67-66-65(90-53)64-57(91-66)29-69(92-64,93-67)21-20-48-23-39(3)52(86-48)17-15-46-22-38(2)40(4)54(87-46)28-55(49)89-56/h8-12,38,42-43,45-50,52-57,62-67,76H,3-4,6-7,13-37H2,1-2,5H3,(H,70,80)(H,71,78)(H,72,79)(H,73,82)(H,74,81)/t38-,42?,43?,45+,46+,47-,48+,49+,50+,52+,53+,54-,55+,56-,57?,62-,63+,64+,65?,66?,67+,69+/m1/s1. The topological polar surface area (TPSA) is 301 Å². The molecule has 12 bridgehead atoms. The molecule has 1 aromatic rings. The van der Waals surface area contributed by atoms with Crippen LogP contribution in [-0.2, 0) is 92.1 Å². The number of aliphatic hydroxyl groups excluding tert-OH is 1. The summed E-state index contributed by atoms with van der Waals surface area (Å²) in [5, 5.41) is 24.6. The molecule has 24 heteroatoms. The molecule has 5 amide bonds. The van der Waals surface area contributed by atoms with Crippen molar-refractivity contribution in [1.29, 1.82) is 0 Å². The first-order chi connectivity index (χ1) is 44.9. The Kier molecular flexibility index (Phi) is 23.7. The van der Waals surface area contributed by atoms with E-state index in [-0.39, 0.29) is 149 Å². The van der Waals surface area contributed by atoms with Crippen molar-refractivity contribution in [2.45, 2.75) is 245 Å². The van der Waals surface area contributed by atoms with Crippen LogP contribution in [0.5, 0.6) is 0 Å². The Bertz CT molecular complexity index is 2800. The lowest BCUT2D eigenvalue weighted by Crippen LogP contribution is -2.61. The Morgan fingerprint density at radius 3 is 2.17 bits per heavy atom. The number of fused-ring (bicyclic) bond motifs is 6. The Morgan fingerprint density at radius 2 is 1.39 bits per heavy atom. The number of carbonyl (C=O) groups excluding carboxylic acids is 7. The van der Waals surface area contributed by atoms with Gasteiger partial charge in [-0.25, -0.2) is 0 Å². The van der Waals surface area contributed by atoms with E-state index < -0.39 is 97.2 Å². The fourth-order valence-corrected chi connectivity index (χ4v) is 15.8. The molecule has 0 aromatic heterocycles. The molecule has 24 nitrogen and oxygen atoms in total. The van der Waals surface area contributed by atoms with E-state index in [2.05, 4.69) is 46.7 Å². The van der Waals surface area contributed by atoms with Gasteiger partial charge in [-0.3, -0.25) is 33.6 Å². The average Bonchev–Trinajstić information content (AvgIpc) is 1.55. The quantitative estimate of drug-likeness (QED) is 0.0906. The van der Waals surface area contributed by atoms with Gasteiger partial charge >= 0.3 is 0 Å². The lowest BCUT2D eigenvalue weighted by Gasteiger charge is -2.47. The van der Waals surface area contributed by atoms with E-state index in [9.17, 15) is 38.7 Å². The Balaban J connectivity index is 0.664. The monoisotopic (exact) mass is 1300 g/mol. The van der Waals surface area contributed by atoms with Gasteiger partial charge in [0.05, 0.1) is 119 Å². The lowest BCUT2D eigenvalue weighted by atomic mass is 9.81. The van der Waals surface area contributed by atoms with Gasteiger partial charge in [0.2, 0.25) is 29.5 Å². The number of carbonyl (C=O) groups is 7. The maximum absolute atomic E-state index is 14.5. The zero-order chi connectivity index (χ0) is 65.3. The molecular formula is C69H99N5O19. The number of methoxy groups -OCH3 is 1. The van der Waals surface area contributed by atoms with Gasteiger partial charge in [-0.2, -0.15) is 0 Å². The van der Waals surface area contributed by atoms with Crippen molar-refractivity contribution in [3.8, 4) is 0 Å². The maximum Gasteiger partial charge on any atom is 0.243 e. The van der Waals surface area contributed by atoms with Gasteiger partial charge in [0.25, 0.3) is 0 Å². The minimum absolute atomic E-state index is 0.0131. The fourth-order valence-electron chi connectivity index (χ4n) is 15.8. The summed E-state index contributed by atoms with van der Waals surface area (Å²) in [6.07, 6.45) is 3.97. The van der Waals surface area contributed by atoms with E-state index >= 15 is 0 Å². The number of rotatable bonds is 22. The summed E-state index contributed by atoms with van der Waals surface area (Å²) in [5.74, 6) is -4.31. The van der Waals surface area contributed by atoms with Crippen LogP contribution in [-0.4, -0.2) is 215 Å². The third-order valence-corrected chi connectivity index (χ3v) is 20.8. The molecule has 12 rings (SSSR count). The molecule has 11 fully saturated rings. The highest BCUT2D eigenvalue weighted by Crippen LogP contribution is 2.54. The number of benzene rings is 1. The normalized spacial score (nSPS) is 37.2. The third-order valence-electron chi connectivity index (χ3n) is 20.8. The molecule has 0 aliphatic carbocycles. The van der Waals surface area contributed by atoms with Gasteiger partial charge in [0.1, 0.15) is 48.1 Å². The molecule has 20 atom stereocenters. The minimum Gasteiger partial charge on any atom is -0.391 e. The Hall–Kier alpha value is -5.09. The van der Waals surface area contributed by atoms with Gasteiger partial charge in [-0.05, 0) is 80.4 Å². The predicted molar refractivity (Wildman–Crippen MR) is 334 cm³/mol.